The number of aromatic nitrogens is 2. The van der Waals surface area contributed by atoms with Crippen LogP contribution in [-0.2, 0) is 6.54 Å². The van der Waals surface area contributed by atoms with Gasteiger partial charge in [-0.05, 0) is 55.5 Å². The summed E-state index contributed by atoms with van der Waals surface area (Å²) in [6.07, 6.45) is 5.83. The summed E-state index contributed by atoms with van der Waals surface area (Å²) in [5, 5.41) is 4.25. The van der Waals surface area contributed by atoms with Gasteiger partial charge >= 0.3 is 6.03 Å². The van der Waals surface area contributed by atoms with E-state index in [0.717, 1.165) is 42.7 Å². The third-order valence-corrected chi connectivity index (χ3v) is 6.74. The van der Waals surface area contributed by atoms with Crippen LogP contribution in [0, 0.1) is 0 Å². The Morgan fingerprint density at radius 3 is 2.66 bits per heavy atom. The second-order valence-corrected chi connectivity index (χ2v) is 8.72. The molecule has 2 aliphatic heterocycles. The molecule has 1 unspecified atom stereocenters. The maximum Gasteiger partial charge on any atom is 0.315 e. The first-order valence-corrected chi connectivity index (χ1v) is 10.8. The van der Waals surface area contributed by atoms with Crippen molar-refractivity contribution in [3.63, 3.8) is 0 Å². The molecule has 2 fully saturated rings. The third kappa shape index (κ3) is 3.77. The van der Waals surface area contributed by atoms with Crippen molar-refractivity contribution in [1.82, 2.24) is 20.2 Å². The standard InChI is InChI=1S/C21H23N5O2S/c22-20(27)26-15-5-6-16(26)11-14(10-15)24-12-13-3-7-17(8-4-13)28-21-25-19-18(29-21)2-1-9-23-19/h1-4,7-9,14-16,24H,5-6,10-12H2,(H2,22,27)/t14?,15-,16+. The predicted molar refractivity (Wildman–Crippen MR) is 112 cm³/mol. The summed E-state index contributed by atoms with van der Waals surface area (Å²) in [7, 11) is 0. The maximum atomic E-state index is 11.6. The number of nitrogens with zero attached hydrogens (tertiary/aromatic N) is 3. The van der Waals surface area contributed by atoms with Crippen molar-refractivity contribution >= 4 is 27.7 Å². The predicted octanol–water partition coefficient (Wildman–Crippen LogP) is 3.65. The second-order valence-electron chi connectivity index (χ2n) is 7.73. The molecule has 2 saturated heterocycles. The number of hydrogen-bond acceptors (Lipinski definition) is 6. The van der Waals surface area contributed by atoms with E-state index in [-0.39, 0.29) is 6.03 Å². The van der Waals surface area contributed by atoms with Crippen molar-refractivity contribution < 1.29 is 9.53 Å². The quantitative estimate of drug-likeness (QED) is 0.671. The van der Waals surface area contributed by atoms with E-state index in [9.17, 15) is 4.79 Å². The number of rotatable bonds is 5. The molecule has 150 valence electrons. The summed E-state index contributed by atoms with van der Waals surface area (Å²) < 4.78 is 6.89. The van der Waals surface area contributed by atoms with Gasteiger partial charge in [-0.2, -0.15) is 4.98 Å². The maximum absolute atomic E-state index is 11.6. The van der Waals surface area contributed by atoms with Gasteiger partial charge < -0.3 is 20.7 Å². The number of urea groups is 1. The van der Waals surface area contributed by atoms with E-state index < -0.39 is 0 Å². The molecule has 29 heavy (non-hydrogen) atoms. The van der Waals surface area contributed by atoms with Crippen LogP contribution < -0.4 is 15.8 Å². The summed E-state index contributed by atoms with van der Waals surface area (Å²) in [5.41, 5.74) is 7.45. The Morgan fingerprint density at radius 2 is 1.97 bits per heavy atom. The Morgan fingerprint density at radius 1 is 1.21 bits per heavy atom. The highest BCUT2D eigenvalue weighted by Gasteiger charge is 2.42. The van der Waals surface area contributed by atoms with Gasteiger partial charge in [0.2, 0.25) is 0 Å². The Hall–Kier alpha value is -2.71. The Balaban J connectivity index is 1.17. The van der Waals surface area contributed by atoms with Crippen molar-refractivity contribution in [2.45, 2.75) is 50.4 Å². The first-order chi connectivity index (χ1) is 14.2. The number of fused-ring (bicyclic) bond motifs is 3. The van der Waals surface area contributed by atoms with Crippen LogP contribution in [0.15, 0.2) is 42.6 Å². The van der Waals surface area contributed by atoms with Gasteiger partial charge in [-0.1, -0.05) is 23.5 Å². The Bertz CT molecular complexity index is 974. The fraction of sp³-hybridized carbons (Fsp3) is 0.381. The lowest BCUT2D eigenvalue weighted by Gasteiger charge is -2.38. The van der Waals surface area contributed by atoms with Crippen LogP contribution in [0.5, 0.6) is 10.9 Å². The van der Waals surface area contributed by atoms with Crippen LogP contribution in [0.4, 0.5) is 4.79 Å². The topological polar surface area (TPSA) is 93.4 Å². The minimum atomic E-state index is -0.268. The summed E-state index contributed by atoms with van der Waals surface area (Å²) in [6.45, 7) is 0.798. The van der Waals surface area contributed by atoms with Gasteiger partial charge in [-0.15, -0.1) is 0 Å². The molecule has 0 spiro atoms. The Labute approximate surface area is 172 Å². The fourth-order valence-electron chi connectivity index (χ4n) is 4.53. The Kier molecular flexibility index (Phi) is 4.81. The minimum Gasteiger partial charge on any atom is -0.431 e. The van der Waals surface area contributed by atoms with Gasteiger partial charge in [0.25, 0.3) is 5.19 Å². The molecule has 4 heterocycles. The number of primary amides is 1. The number of pyridine rings is 1. The number of carbonyl (C=O) groups excluding carboxylic acids is 1. The SMILES string of the molecule is NC(=O)N1[C@@H]2CC[C@H]1CC(NCc1ccc(Oc3nc4ncccc4s3)cc1)C2. The lowest BCUT2D eigenvalue weighted by molar-refractivity contribution is 0.138. The van der Waals surface area contributed by atoms with Crippen molar-refractivity contribution in [1.29, 1.82) is 0 Å². The van der Waals surface area contributed by atoms with E-state index in [1.54, 1.807) is 6.20 Å². The summed E-state index contributed by atoms with van der Waals surface area (Å²) >= 11 is 1.49. The van der Waals surface area contributed by atoms with E-state index >= 15 is 0 Å². The molecule has 2 aromatic heterocycles. The highest BCUT2D eigenvalue weighted by molar-refractivity contribution is 7.20. The lowest BCUT2D eigenvalue weighted by Crippen LogP contribution is -2.53. The molecule has 2 bridgehead atoms. The van der Waals surface area contributed by atoms with Crippen molar-refractivity contribution in [3.8, 4) is 10.9 Å². The highest BCUT2D eigenvalue weighted by Crippen LogP contribution is 2.35. The first kappa shape index (κ1) is 18.3. The second kappa shape index (κ2) is 7.61. The number of benzene rings is 1. The molecule has 3 atom stereocenters. The molecular formula is C21H23N5O2S. The molecule has 0 saturated carbocycles. The average molecular weight is 410 g/mol. The van der Waals surface area contributed by atoms with Crippen LogP contribution in [-0.4, -0.2) is 39.0 Å². The number of piperidine rings is 1. The number of carbonyl (C=O) groups is 1. The van der Waals surface area contributed by atoms with E-state index in [1.165, 1.54) is 16.9 Å². The van der Waals surface area contributed by atoms with E-state index in [4.69, 9.17) is 10.5 Å². The van der Waals surface area contributed by atoms with Crippen molar-refractivity contribution in [3.05, 3.63) is 48.2 Å². The molecular weight excluding hydrogens is 386 g/mol. The summed E-state index contributed by atoms with van der Waals surface area (Å²) in [5.74, 6) is 0.764. The molecule has 0 aliphatic carbocycles. The number of ether oxygens (including phenoxy) is 1. The van der Waals surface area contributed by atoms with Crippen LogP contribution >= 0.6 is 11.3 Å². The molecule has 7 nitrogen and oxygen atoms in total. The van der Waals surface area contributed by atoms with Gasteiger partial charge in [0.05, 0.1) is 4.70 Å². The van der Waals surface area contributed by atoms with E-state index in [2.05, 4.69) is 27.4 Å². The van der Waals surface area contributed by atoms with Gasteiger partial charge in [0.15, 0.2) is 5.65 Å². The van der Waals surface area contributed by atoms with Gasteiger partial charge in [0, 0.05) is 30.9 Å². The number of thiazole rings is 1. The molecule has 0 radical (unpaired) electrons. The summed E-state index contributed by atoms with van der Waals surface area (Å²) in [6, 6.07) is 12.7. The van der Waals surface area contributed by atoms with Crippen molar-refractivity contribution in [2.24, 2.45) is 5.73 Å². The molecule has 2 aliphatic rings. The molecule has 1 aromatic carbocycles. The van der Waals surface area contributed by atoms with Gasteiger partial charge in [-0.25, -0.2) is 9.78 Å². The van der Waals surface area contributed by atoms with E-state index in [1.807, 2.05) is 29.2 Å². The molecule has 2 amide bonds. The molecule has 5 rings (SSSR count). The smallest absolute Gasteiger partial charge is 0.315 e. The van der Waals surface area contributed by atoms with Crippen LogP contribution in [0.3, 0.4) is 0 Å². The normalized spacial score (nSPS) is 23.4. The molecule has 8 heteroatoms. The minimum absolute atomic E-state index is 0.268. The van der Waals surface area contributed by atoms with Crippen LogP contribution in [0.1, 0.15) is 31.2 Å². The van der Waals surface area contributed by atoms with Crippen molar-refractivity contribution in [2.75, 3.05) is 0 Å². The fourth-order valence-corrected chi connectivity index (χ4v) is 5.33. The number of nitrogens with one attached hydrogen (secondary N) is 1. The number of amides is 2. The number of hydrogen-bond donors (Lipinski definition) is 2. The zero-order chi connectivity index (χ0) is 19.8. The highest BCUT2D eigenvalue weighted by atomic mass is 32.1. The lowest BCUT2D eigenvalue weighted by atomic mass is 9.97. The van der Waals surface area contributed by atoms with Crippen LogP contribution in [0.25, 0.3) is 10.3 Å². The monoisotopic (exact) mass is 409 g/mol. The largest absolute Gasteiger partial charge is 0.431 e. The zero-order valence-electron chi connectivity index (χ0n) is 16.0. The molecule has 3 aromatic rings. The first-order valence-electron chi connectivity index (χ1n) is 9.95. The summed E-state index contributed by atoms with van der Waals surface area (Å²) in [4.78, 5) is 22.2. The molecule has 3 N–H and O–H groups in total. The van der Waals surface area contributed by atoms with Gasteiger partial charge in [-0.3, -0.25) is 0 Å². The average Bonchev–Trinajstić information content (AvgIpc) is 3.25. The number of nitrogens with two attached hydrogens (primary N) is 1. The van der Waals surface area contributed by atoms with Crippen LogP contribution in [0.2, 0.25) is 0 Å². The third-order valence-electron chi connectivity index (χ3n) is 5.86. The van der Waals surface area contributed by atoms with Gasteiger partial charge in [0.1, 0.15) is 5.75 Å². The zero-order valence-corrected chi connectivity index (χ0v) is 16.8. The van der Waals surface area contributed by atoms with E-state index in [0.29, 0.717) is 29.0 Å².